The molecule has 0 unspecified atom stereocenters. The van der Waals surface area contributed by atoms with Crippen molar-refractivity contribution in [1.29, 1.82) is 0 Å². The maximum Gasteiger partial charge on any atom is 0.287 e. The summed E-state index contributed by atoms with van der Waals surface area (Å²) in [6.07, 6.45) is 4.72. The van der Waals surface area contributed by atoms with Gasteiger partial charge in [-0.15, -0.1) is 0 Å². The highest BCUT2D eigenvalue weighted by Crippen LogP contribution is 2.23. The van der Waals surface area contributed by atoms with Crippen LogP contribution in [-0.4, -0.2) is 27.9 Å². The number of benzene rings is 1. The van der Waals surface area contributed by atoms with Crippen LogP contribution < -0.4 is 10.6 Å². The summed E-state index contributed by atoms with van der Waals surface area (Å²) in [7, 11) is 0. The molecule has 1 aliphatic rings. The van der Waals surface area contributed by atoms with Crippen molar-refractivity contribution in [2.75, 3.05) is 11.9 Å². The molecular formula is C21H28N4O2. The summed E-state index contributed by atoms with van der Waals surface area (Å²) in [6, 6.07) is 5.91. The van der Waals surface area contributed by atoms with E-state index in [1.165, 1.54) is 0 Å². The summed E-state index contributed by atoms with van der Waals surface area (Å²) in [5, 5.41) is 5.88. The zero-order valence-corrected chi connectivity index (χ0v) is 16.4. The number of fused-ring (bicyclic) bond motifs is 1. The topological polar surface area (TPSA) is 76.0 Å². The molecule has 0 spiro atoms. The van der Waals surface area contributed by atoms with Crippen LogP contribution in [0.5, 0.6) is 0 Å². The lowest BCUT2D eigenvalue weighted by Crippen LogP contribution is -2.28. The molecule has 0 bridgehead atoms. The first-order valence-corrected chi connectivity index (χ1v) is 9.77. The normalized spacial score (nSPS) is 13.1. The highest BCUT2D eigenvalue weighted by Gasteiger charge is 2.27. The SMILES string of the molecule is CCCCNC(=O)c1nc(C(=O)Nc2ccc(C)cc2C)c2n1CCCC2. The maximum atomic E-state index is 12.9. The van der Waals surface area contributed by atoms with Gasteiger partial charge in [0.05, 0.1) is 5.69 Å². The summed E-state index contributed by atoms with van der Waals surface area (Å²) in [4.78, 5) is 29.9. The predicted molar refractivity (Wildman–Crippen MR) is 106 cm³/mol. The van der Waals surface area contributed by atoms with Crippen molar-refractivity contribution in [2.24, 2.45) is 0 Å². The Labute approximate surface area is 160 Å². The van der Waals surface area contributed by atoms with Gasteiger partial charge in [0.15, 0.2) is 11.5 Å². The van der Waals surface area contributed by atoms with Crippen molar-refractivity contribution in [1.82, 2.24) is 14.9 Å². The molecule has 1 aromatic heterocycles. The van der Waals surface area contributed by atoms with Crippen LogP contribution in [0.2, 0.25) is 0 Å². The molecule has 0 fully saturated rings. The van der Waals surface area contributed by atoms with Crippen LogP contribution in [0.4, 0.5) is 5.69 Å². The van der Waals surface area contributed by atoms with Crippen molar-refractivity contribution in [3.8, 4) is 0 Å². The summed E-state index contributed by atoms with van der Waals surface area (Å²) in [5.74, 6) is -0.0936. The molecule has 0 atom stereocenters. The highest BCUT2D eigenvalue weighted by atomic mass is 16.2. The van der Waals surface area contributed by atoms with Crippen molar-refractivity contribution in [3.63, 3.8) is 0 Å². The number of aromatic nitrogens is 2. The number of nitrogens with one attached hydrogen (secondary N) is 2. The molecule has 2 N–H and O–H groups in total. The number of imidazole rings is 1. The third-order valence-corrected chi connectivity index (χ3v) is 4.98. The van der Waals surface area contributed by atoms with E-state index in [1.807, 2.05) is 36.6 Å². The number of amides is 2. The van der Waals surface area contributed by atoms with Gasteiger partial charge in [-0.05, 0) is 51.2 Å². The fourth-order valence-corrected chi connectivity index (χ4v) is 3.49. The molecule has 27 heavy (non-hydrogen) atoms. The Morgan fingerprint density at radius 3 is 2.74 bits per heavy atom. The summed E-state index contributed by atoms with van der Waals surface area (Å²) in [5.41, 5.74) is 4.17. The zero-order valence-electron chi connectivity index (χ0n) is 16.4. The third kappa shape index (κ3) is 4.21. The monoisotopic (exact) mass is 368 g/mol. The van der Waals surface area contributed by atoms with E-state index in [0.29, 0.717) is 18.1 Å². The van der Waals surface area contributed by atoms with Crippen molar-refractivity contribution in [2.45, 2.75) is 59.4 Å². The summed E-state index contributed by atoms with van der Waals surface area (Å²) in [6.45, 7) is 7.43. The number of aryl methyl sites for hydroxylation is 2. The molecule has 144 valence electrons. The number of carbonyl (C=O) groups excluding carboxylic acids is 2. The van der Waals surface area contributed by atoms with Crippen LogP contribution in [0.3, 0.4) is 0 Å². The van der Waals surface area contributed by atoms with Crippen LogP contribution in [0.1, 0.15) is 70.5 Å². The number of hydrogen-bond donors (Lipinski definition) is 2. The van der Waals surface area contributed by atoms with Gasteiger partial charge in [-0.25, -0.2) is 4.98 Å². The highest BCUT2D eigenvalue weighted by molar-refractivity contribution is 6.05. The second-order valence-corrected chi connectivity index (χ2v) is 7.22. The van der Waals surface area contributed by atoms with E-state index in [1.54, 1.807) is 0 Å². The fraction of sp³-hybridized carbons (Fsp3) is 0.476. The van der Waals surface area contributed by atoms with Crippen molar-refractivity contribution < 1.29 is 9.59 Å². The second-order valence-electron chi connectivity index (χ2n) is 7.22. The molecule has 2 aromatic rings. The minimum atomic E-state index is -0.250. The Morgan fingerprint density at radius 1 is 1.19 bits per heavy atom. The summed E-state index contributed by atoms with van der Waals surface area (Å²) >= 11 is 0. The van der Waals surface area contributed by atoms with Gasteiger partial charge in [-0.2, -0.15) is 0 Å². The van der Waals surface area contributed by atoms with Gasteiger partial charge in [-0.1, -0.05) is 31.0 Å². The minimum absolute atomic E-state index is 0.197. The van der Waals surface area contributed by atoms with E-state index in [-0.39, 0.29) is 11.8 Å². The Balaban J connectivity index is 1.86. The lowest BCUT2D eigenvalue weighted by Gasteiger charge is -2.17. The number of anilines is 1. The van der Waals surface area contributed by atoms with E-state index >= 15 is 0 Å². The standard InChI is InChI=1S/C21H28N4O2/c1-4-5-11-22-21(27)19-24-18(17-8-6-7-12-25(17)19)20(26)23-16-10-9-14(2)13-15(16)3/h9-10,13H,4-8,11-12H2,1-3H3,(H,22,27)(H,23,26). The Bertz CT molecular complexity index is 854. The molecule has 1 aromatic carbocycles. The average molecular weight is 368 g/mol. The molecular weight excluding hydrogens is 340 g/mol. The minimum Gasteiger partial charge on any atom is -0.349 e. The smallest absolute Gasteiger partial charge is 0.287 e. The fourth-order valence-electron chi connectivity index (χ4n) is 3.49. The molecule has 6 heteroatoms. The van der Waals surface area contributed by atoms with Crippen LogP contribution in [0.25, 0.3) is 0 Å². The lowest BCUT2D eigenvalue weighted by molar-refractivity contribution is 0.0937. The third-order valence-electron chi connectivity index (χ3n) is 4.98. The van der Waals surface area contributed by atoms with E-state index in [2.05, 4.69) is 22.5 Å². The number of carbonyl (C=O) groups is 2. The van der Waals surface area contributed by atoms with E-state index in [9.17, 15) is 9.59 Å². The molecule has 2 amide bonds. The van der Waals surface area contributed by atoms with Gasteiger partial charge in [0.1, 0.15) is 0 Å². The molecule has 3 rings (SSSR count). The molecule has 0 saturated carbocycles. The molecule has 0 radical (unpaired) electrons. The van der Waals surface area contributed by atoms with Gasteiger partial charge in [0.2, 0.25) is 0 Å². The quantitative estimate of drug-likeness (QED) is 0.765. The van der Waals surface area contributed by atoms with Gasteiger partial charge in [0.25, 0.3) is 11.8 Å². The maximum absolute atomic E-state index is 12.9. The Morgan fingerprint density at radius 2 is 2.00 bits per heavy atom. The lowest BCUT2D eigenvalue weighted by atomic mass is 10.1. The first-order valence-electron chi connectivity index (χ1n) is 9.77. The van der Waals surface area contributed by atoms with Gasteiger partial charge in [0, 0.05) is 18.8 Å². The zero-order chi connectivity index (χ0) is 19.4. The Hall–Kier alpha value is -2.63. The van der Waals surface area contributed by atoms with Crippen LogP contribution in [-0.2, 0) is 13.0 Å². The van der Waals surface area contributed by atoms with E-state index in [0.717, 1.165) is 61.2 Å². The molecule has 1 aliphatic heterocycles. The average Bonchev–Trinajstić information content (AvgIpc) is 3.04. The van der Waals surface area contributed by atoms with Crippen LogP contribution >= 0.6 is 0 Å². The molecule has 0 aliphatic carbocycles. The molecule has 0 saturated heterocycles. The van der Waals surface area contributed by atoms with Crippen LogP contribution in [0, 0.1) is 13.8 Å². The molecule has 6 nitrogen and oxygen atoms in total. The molecule has 2 heterocycles. The number of hydrogen-bond acceptors (Lipinski definition) is 3. The van der Waals surface area contributed by atoms with Gasteiger partial charge >= 0.3 is 0 Å². The largest absolute Gasteiger partial charge is 0.349 e. The van der Waals surface area contributed by atoms with Gasteiger partial charge in [-0.3, -0.25) is 9.59 Å². The summed E-state index contributed by atoms with van der Waals surface area (Å²) < 4.78 is 1.92. The van der Waals surface area contributed by atoms with Crippen molar-refractivity contribution in [3.05, 3.63) is 46.5 Å². The first-order chi connectivity index (χ1) is 13.0. The van der Waals surface area contributed by atoms with E-state index < -0.39 is 0 Å². The second kappa shape index (κ2) is 8.37. The predicted octanol–water partition coefficient (Wildman–Crippen LogP) is 3.62. The number of rotatable bonds is 6. The van der Waals surface area contributed by atoms with Crippen LogP contribution in [0.15, 0.2) is 18.2 Å². The van der Waals surface area contributed by atoms with Crippen molar-refractivity contribution >= 4 is 17.5 Å². The first kappa shape index (κ1) is 19.1. The number of unbranched alkanes of at least 4 members (excludes halogenated alkanes) is 1. The van der Waals surface area contributed by atoms with Gasteiger partial charge < -0.3 is 15.2 Å². The van der Waals surface area contributed by atoms with E-state index in [4.69, 9.17) is 0 Å². The Kier molecular flexibility index (Phi) is 5.94. The number of nitrogens with zero attached hydrogens (tertiary/aromatic N) is 2.